The van der Waals surface area contributed by atoms with Crippen LogP contribution in [0.2, 0.25) is 0 Å². The van der Waals surface area contributed by atoms with Crippen molar-refractivity contribution in [1.82, 2.24) is 4.57 Å². The first-order valence-electron chi connectivity index (χ1n) is 10.8. The molecule has 0 spiro atoms. The number of rotatable bonds is 4. The molecule has 0 fully saturated rings. The third kappa shape index (κ3) is 3.52. The van der Waals surface area contributed by atoms with Gasteiger partial charge in [0.2, 0.25) is 0 Å². The predicted octanol–water partition coefficient (Wildman–Crippen LogP) is 5.59. The zero-order valence-corrected chi connectivity index (χ0v) is 18.2. The SMILES string of the molecule is Cc1cccc(N2C(=O)/C(=C/c3cn(CCC#N)c4ccccc34)c3ccccc3C2=O)c1. The summed E-state index contributed by atoms with van der Waals surface area (Å²) >= 11 is 0. The molecule has 160 valence electrons. The Morgan fingerprint density at radius 1 is 0.909 bits per heavy atom. The summed E-state index contributed by atoms with van der Waals surface area (Å²) in [7, 11) is 0. The molecule has 0 saturated carbocycles. The fraction of sp³-hybridized carbons (Fsp3) is 0.107. The van der Waals surface area contributed by atoms with Crippen LogP contribution in [0, 0.1) is 18.3 Å². The second-order valence-electron chi connectivity index (χ2n) is 8.09. The van der Waals surface area contributed by atoms with Crippen molar-refractivity contribution in [2.45, 2.75) is 19.9 Å². The number of para-hydroxylation sites is 1. The topological polar surface area (TPSA) is 66.1 Å². The van der Waals surface area contributed by atoms with Crippen LogP contribution in [0.5, 0.6) is 0 Å². The minimum Gasteiger partial charge on any atom is -0.346 e. The smallest absolute Gasteiger partial charge is 0.265 e. The van der Waals surface area contributed by atoms with Gasteiger partial charge in [-0.1, -0.05) is 48.5 Å². The van der Waals surface area contributed by atoms with Crippen LogP contribution < -0.4 is 4.90 Å². The van der Waals surface area contributed by atoms with Gasteiger partial charge in [0.25, 0.3) is 11.8 Å². The van der Waals surface area contributed by atoms with Crippen molar-refractivity contribution in [2.24, 2.45) is 0 Å². The van der Waals surface area contributed by atoms with Crippen molar-refractivity contribution in [1.29, 1.82) is 5.26 Å². The highest BCUT2D eigenvalue weighted by molar-refractivity contribution is 6.43. The Morgan fingerprint density at radius 3 is 2.45 bits per heavy atom. The zero-order valence-electron chi connectivity index (χ0n) is 18.2. The maximum atomic E-state index is 13.7. The van der Waals surface area contributed by atoms with Crippen LogP contribution in [-0.2, 0) is 11.3 Å². The van der Waals surface area contributed by atoms with Gasteiger partial charge in [0, 0.05) is 40.3 Å². The highest BCUT2D eigenvalue weighted by atomic mass is 16.2. The molecule has 1 aliphatic heterocycles. The zero-order chi connectivity index (χ0) is 22.9. The molecule has 2 amide bonds. The van der Waals surface area contributed by atoms with E-state index < -0.39 is 0 Å². The lowest BCUT2D eigenvalue weighted by molar-refractivity contribution is -0.112. The second-order valence-corrected chi connectivity index (χ2v) is 8.09. The molecular weight excluding hydrogens is 410 g/mol. The van der Waals surface area contributed by atoms with E-state index in [1.54, 1.807) is 12.1 Å². The lowest BCUT2D eigenvalue weighted by Crippen LogP contribution is -2.41. The van der Waals surface area contributed by atoms with Gasteiger partial charge in [-0.05, 0) is 48.4 Å². The van der Waals surface area contributed by atoms with Crippen molar-refractivity contribution in [3.63, 3.8) is 0 Å². The van der Waals surface area contributed by atoms with E-state index in [9.17, 15) is 9.59 Å². The molecule has 0 N–H and O–H groups in total. The normalized spacial score (nSPS) is 14.5. The number of anilines is 1. The summed E-state index contributed by atoms with van der Waals surface area (Å²) in [5, 5.41) is 10.0. The van der Waals surface area contributed by atoms with E-state index in [0.717, 1.165) is 22.0 Å². The third-order valence-corrected chi connectivity index (χ3v) is 5.93. The Labute approximate surface area is 191 Å². The van der Waals surface area contributed by atoms with Crippen LogP contribution >= 0.6 is 0 Å². The Bertz CT molecular complexity index is 1490. The van der Waals surface area contributed by atoms with E-state index in [-0.39, 0.29) is 11.8 Å². The summed E-state index contributed by atoms with van der Waals surface area (Å²) in [6, 6.07) is 24.8. The summed E-state index contributed by atoms with van der Waals surface area (Å²) < 4.78 is 2.04. The number of imide groups is 1. The highest BCUT2D eigenvalue weighted by Gasteiger charge is 2.35. The van der Waals surface area contributed by atoms with Crippen molar-refractivity contribution in [3.8, 4) is 6.07 Å². The molecule has 0 unspecified atom stereocenters. The molecule has 5 heteroatoms. The first-order valence-corrected chi connectivity index (χ1v) is 10.8. The molecule has 5 nitrogen and oxygen atoms in total. The lowest BCUT2D eigenvalue weighted by atomic mass is 9.91. The minimum absolute atomic E-state index is 0.324. The van der Waals surface area contributed by atoms with Crippen molar-refractivity contribution in [3.05, 3.63) is 101 Å². The number of aryl methyl sites for hydroxylation is 2. The number of nitriles is 1. The fourth-order valence-corrected chi connectivity index (χ4v) is 4.40. The Hall–Kier alpha value is -4.43. The molecule has 0 aliphatic carbocycles. The number of benzene rings is 3. The summed E-state index contributed by atoms with van der Waals surface area (Å²) in [5.41, 5.74) is 5.00. The lowest BCUT2D eigenvalue weighted by Gasteiger charge is -2.29. The first-order chi connectivity index (χ1) is 16.1. The molecule has 2 heterocycles. The number of aromatic nitrogens is 1. The fourth-order valence-electron chi connectivity index (χ4n) is 4.40. The van der Waals surface area contributed by atoms with Crippen LogP contribution in [0.4, 0.5) is 5.69 Å². The standard InChI is InChI=1S/C28H21N3O2/c1-19-8-6-9-21(16-19)31-27(32)24-12-3-2-11-23(24)25(28(31)33)17-20-18-30(15-7-14-29)26-13-5-4-10-22(20)26/h2-6,8-13,16-18H,7,15H2,1H3/b25-17+. The molecule has 0 atom stereocenters. The Kier molecular flexibility index (Phi) is 5.12. The van der Waals surface area contributed by atoms with Crippen LogP contribution in [0.3, 0.4) is 0 Å². The Morgan fingerprint density at radius 2 is 1.67 bits per heavy atom. The summed E-state index contributed by atoms with van der Waals surface area (Å²) in [6.45, 7) is 2.50. The van der Waals surface area contributed by atoms with E-state index in [0.29, 0.717) is 35.4 Å². The predicted molar refractivity (Wildman–Crippen MR) is 129 cm³/mol. The van der Waals surface area contributed by atoms with Gasteiger partial charge in [-0.15, -0.1) is 0 Å². The number of hydrogen-bond donors (Lipinski definition) is 0. The maximum absolute atomic E-state index is 13.7. The summed E-state index contributed by atoms with van der Waals surface area (Å²) in [6.07, 6.45) is 4.23. The van der Waals surface area contributed by atoms with Crippen molar-refractivity contribution in [2.75, 3.05) is 4.90 Å². The number of nitrogens with zero attached hydrogens (tertiary/aromatic N) is 3. The second kappa shape index (κ2) is 8.25. The minimum atomic E-state index is -0.349. The molecular formula is C28H21N3O2. The number of hydrogen-bond acceptors (Lipinski definition) is 3. The van der Waals surface area contributed by atoms with E-state index in [4.69, 9.17) is 5.26 Å². The average Bonchev–Trinajstić information content (AvgIpc) is 3.18. The van der Waals surface area contributed by atoms with Gasteiger partial charge < -0.3 is 4.57 Å². The van der Waals surface area contributed by atoms with Gasteiger partial charge in [-0.25, -0.2) is 4.90 Å². The summed E-state index contributed by atoms with van der Waals surface area (Å²) in [5.74, 6) is -0.673. The van der Waals surface area contributed by atoms with Crippen molar-refractivity contribution < 1.29 is 9.59 Å². The van der Waals surface area contributed by atoms with Gasteiger partial charge in [0.05, 0.1) is 18.2 Å². The monoisotopic (exact) mass is 431 g/mol. The van der Waals surface area contributed by atoms with Gasteiger partial charge in [0.15, 0.2) is 0 Å². The van der Waals surface area contributed by atoms with Gasteiger partial charge in [-0.3, -0.25) is 9.59 Å². The quantitative estimate of drug-likeness (QED) is 0.312. The van der Waals surface area contributed by atoms with Crippen LogP contribution in [0.25, 0.3) is 22.6 Å². The van der Waals surface area contributed by atoms with Gasteiger partial charge in [0.1, 0.15) is 0 Å². The molecule has 4 aromatic rings. The van der Waals surface area contributed by atoms with Crippen LogP contribution in [0.1, 0.15) is 33.5 Å². The van der Waals surface area contributed by atoms with Gasteiger partial charge >= 0.3 is 0 Å². The van der Waals surface area contributed by atoms with Crippen LogP contribution in [0.15, 0.2) is 79.0 Å². The molecule has 0 bridgehead atoms. The van der Waals surface area contributed by atoms with E-state index >= 15 is 0 Å². The van der Waals surface area contributed by atoms with Gasteiger partial charge in [-0.2, -0.15) is 5.26 Å². The first kappa shape index (κ1) is 20.5. The molecule has 5 rings (SSSR count). The molecule has 3 aromatic carbocycles. The maximum Gasteiger partial charge on any atom is 0.265 e. The number of carbonyl (C=O) groups excluding carboxylic acids is 2. The van der Waals surface area contributed by atoms with Crippen LogP contribution in [-0.4, -0.2) is 16.4 Å². The van der Waals surface area contributed by atoms with E-state index in [1.807, 2.05) is 84.4 Å². The molecule has 1 aliphatic rings. The summed E-state index contributed by atoms with van der Waals surface area (Å²) in [4.78, 5) is 28.3. The highest BCUT2D eigenvalue weighted by Crippen LogP contribution is 2.35. The Balaban J connectivity index is 1.70. The van der Waals surface area contributed by atoms with Crippen molar-refractivity contribution >= 4 is 40.1 Å². The molecule has 33 heavy (non-hydrogen) atoms. The van der Waals surface area contributed by atoms with E-state index in [1.165, 1.54) is 4.90 Å². The molecule has 1 aromatic heterocycles. The number of carbonyl (C=O) groups is 2. The molecule has 0 saturated heterocycles. The average molecular weight is 431 g/mol. The largest absolute Gasteiger partial charge is 0.346 e. The molecule has 0 radical (unpaired) electrons. The third-order valence-electron chi connectivity index (χ3n) is 5.93. The number of amides is 2. The van der Waals surface area contributed by atoms with E-state index in [2.05, 4.69) is 6.07 Å². The number of fused-ring (bicyclic) bond motifs is 2.